The number of rotatable bonds is 9. The number of ether oxygens (including phenoxy) is 2. The normalized spacial score (nSPS) is 19.4. The van der Waals surface area contributed by atoms with Crippen LogP contribution in [0.1, 0.15) is 12.5 Å². The van der Waals surface area contributed by atoms with Crippen molar-refractivity contribution in [3.05, 3.63) is 60.2 Å². The van der Waals surface area contributed by atoms with Crippen LogP contribution in [-0.4, -0.2) is 75.4 Å². The molecule has 10 heteroatoms. The molecule has 1 atom stereocenters. The molecule has 1 saturated heterocycles. The van der Waals surface area contributed by atoms with Crippen molar-refractivity contribution in [1.82, 2.24) is 14.5 Å². The molecule has 33 heavy (non-hydrogen) atoms. The van der Waals surface area contributed by atoms with E-state index in [1.165, 1.54) is 43.4 Å². The number of nitrogens with one attached hydrogen (secondary N) is 1. The van der Waals surface area contributed by atoms with E-state index in [4.69, 9.17) is 9.47 Å². The molecule has 1 fully saturated rings. The lowest BCUT2D eigenvalue weighted by Gasteiger charge is -2.46. The minimum absolute atomic E-state index is 0.0217. The van der Waals surface area contributed by atoms with E-state index in [1.807, 2.05) is 30.3 Å². The van der Waals surface area contributed by atoms with Crippen LogP contribution in [0.25, 0.3) is 0 Å². The second kappa shape index (κ2) is 10.3. The van der Waals surface area contributed by atoms with Gasteiger partial charge in [0.25, 0.3) is 0 Å². The first-order valence-electron chi connectivity index (χ1n) is 10.5. The summed E-state index contributed by atoms with van der Waals surface area (Å²) in [6, 6.07) is 15.3. The maximum absolute atomic E-state index is 13.3. The average molecular weight is 476 g/mol. The van der Waals surface area contributed by atoms with Gasteiger partial charge in [0.2, 0.25) is 21.8 Å². The van der Waals surface area contributed by atoms with Crippen molar-refractivity contribution >= 4 is 21.8 Å². The molecule has 0 spiro atoms. The van der Waals surface area contributed by atoms with E-state index in [2.05, 4.69) is 5.32 Å². The predicted octanol–water partition coefficient (Wildman–Crippen LogP) is 1.25. The lowest BCUT2D eigenvalue weighted by Crippen LogP contribution is -2.70. The number of hydrogen-bond donors (Lipinski definition) is 1. The van der Waals surface area contributed by atoms with Crippen molar-refractivity contribution in [3.8, 4) is 5.75 Å². The summed E-state index contributed by atoms with van der Waals surface area (Å²) >= 11 is 0. The molecule has 178 valence electrons. The first kappa shape index (κ1) is 24.7. The molecule has 2 amide bonds. The van der Waals surface area contributed by atoms with E-state index >= 15 is 0 Å². The molecular formula is C23H29N3O6S. The summed E-state index contributed by atoms with van der Waals surface area (Å²) in [5.74, 6) is -0.391. The van der Waals surface area contributed by atoms with Crippen LogP contribution < -0.4 is 10.1 Å². The van der Waals surface area contributed by atoms with Crippen LogP contribution in [0, 0.1) is 0 Å². The summed E-state index contributed by atoms with van der Waals surface area (Å²) in [6.45, 7) is 1.68. The highest BCUT2D eigenvalue weighted by atomic mass is 32.2. The first-order chi connectivity index (χ1) is 15.7. The van der Waals surface area contributed by atoms with E-state index in [9.17, 15) is 18.0 Å². The number of hydrogen-bond acceptors (Lipinski definition) is 6. The van der Waals surface area contributed by atoms with Crippen LogP contribution in [0.5, 0.6) is 5.75 Å². The van der Waals surface area contributed by atoms with Gasteiger partial charge in [0, 0.05) is 26.7 Å². The molecular weight excluding hydrogens is 446 g/mol. The third-order valence-corrected chi connectivity index (χ3v) is 7.50. The summed E-state index contributed by atoms with van der Waals surface area (Å²) in [4.78, 5) is 27.8. The van der Waals surface area contributed by atoms with Gasteiger partial charge in [-0.1, -0.05) is 30.3 Å². The zero-order valence-corrected chi connectivity index (χ0v) is 19.8. The molecule has 2 aromatic carbocycles. The molecule has 1 aliphatic heterocycles. The molecule has 0 radical (unpaired) electrons. The minimum Gasteiger partial charge on any atom is -0.497 e. The number of nitrogens with zero attached hydrogens (tertiary/aromatic N) is 2. The Morgan fingerprint density at radius 1 is 1.09 bits per heavy atom. The van der Waals surface area contributed by atoms with E-state index in [0.717, 1.165) is 9.87 Å². The zero-order chi connectivity index (χ0) is 24.1. The molecule has 0 aliphatic carbocycles. The molecule has 1 unspecified atom stereocenters. The smallest absolute Gasteiger partial charge is 0.247 e. The number of benzene rings is 2. The van der Waals surface area contributed by atoms with E-state index in [0.29, 0.717) is 5.75 Å². The van der Waals surface area contributed by atoms with Gasteiger partial charge in [-0.15, -0.1) is 0 Å². The fourth-order valence-corrected chi connectivity index (χ4v) is 5.26. The van der Waals surface area contributed by atoms with Crippen molar-refractivity contribution in [1.29, 1.82) is 0 Å². The van der Waals surface area contributed by atoms with Gasteiger partial charge in [0.1, 0.15) is 11.3 Å². The van der Waals surface area contributed by atoms with Crippen molar-refractivity contribution in [2.24, 2.45) is 0 Å². The minimum atomic E-state index is -4.02. The standard InChI is InChI=1S/C23H29N3O6S/c1-23(22(28)24-15-18-7-5-4-6-8-18)17-25(16-21(27)26(23)13-14-31-2)33(29,30)20-11-9-19(32-3)10-12-20/h4-12H,13-17H2,1-3H3,(H,24,28). The number of methoxy groups -OCH3 is 2. The van der Waals surface area contributed by atoms with Crippen LogP contribution >= 0.6 is 0 Å². The van der Waals surface area contributed by atoms with E-state index in [-0.39, 0.29) is 37.7 Å². The van der Waals surface area contributed by atoms with Crippen LogP contribution in [0.2, 0.25) is 0 Å². The Labute approximate surface area is 194 Å². The van der Waals surface area contributed by atoms with Crippen LogP contribution in [-0.2, 0) is 30.9 Å². The summed E-state index contributed by atoms with van der Waals surface area (Å²) in [6.07, 6.45) is 0. The second-order valence-electron chi connectivity index (χ2n) is 7.93. The number of carbonyl (C=O) groups is 2. The maximum atomic E-state index is 13.3. The van der Waals surface area contributed by atoms with Gasteiger partial charge < -0.3 is 19.7 Å². The predicted molar refractivity (Wildman–Crippen MR) is 122 cm³/mol. The summed E-state index contributed by atoms with van der Waals surface area (Å²) < 4.78 is 37.9. The second-order valence-corrected chi connectivity index (χ2v) is 9.87. The monoisotopic (exact) mass is 475 g/mol. The van der Waals surface area contributed by atoms with Crippen molar-refractivity contribution in [2.45, 2.75) is 23.9 Å². The Kier molecular flexibility index (Phi) is 7.72. The molecule has 1 N–H and O–H groups in total. The topological polar surface area (TPSA) is 105 Å². The largest absolute Gasteiger partial charge is 0.497 e. The molecule has 3 rings (SSSR count). The molecule has 1 heterocycles. The Hall–Kier alpha value is -2.95. The van der Waals surface area contributed by atoms with Crippen molar-refractivity contribution in [3.63, 3.8) is 0 Å². The highest BCUT2D eigenvalue weighted by Gasteiger charge is 2.50. The molecule has 2 aromatic rings. The molecule has 0 bridgehead atoms. The number of carbonyl (C=O) groups excluding carboxylic acids is 2. The van der Waals surface area contributed by atoms with Crippen molar-refractivity contribution in [2.75, 3.05) is 40.5 Å². The number of piperazine rings is 1. The van der Waals surface area contributed by atoms with E-state index < -0.39 is 27.4 Å². The van der Waals surface area contributed by atoms with Crippen LogP contribution in [0.15, 0.2) is 59.5 Å². The number of sulfonamides is 1. The van der Waals surface area contributed by atoms with Gasteiger partial charge in [-0.05, 0) is 36.8 Å². The summed E-state index contributed by atoms with van der Waals surface area (Å²) in [7, 11) is -1.03. The van der Waals surface area contributed by atoms with Crippen molar-refractivity contribution < 1.29 is 27.5 Å². The Morgan fingerprint density at radius 2 is 1.76 bits per heavy atom. The average Bonchev–Trinajstić information content (AvgIpc) is 2.82. The molecule has 9 nitrogen and oxygen atoms in total. The maximum Gasteiger partial charge on any atom is 0.247 e. The first-order valence-corrected chi connectivity index (χ1v) is 11.9. The summed E-state index contributed by atoms with van der Waals surface area (Å²) in [5.41, 5.74) is -0.523. The van der Waals surface area contributed by atoms with Gasteiger partial charge >= 0.3 is 0 Å². The number of amides is 2. The summed E-state index contributed by atoms with van der Waals surface area (Å²) in [5, 5.41) is 2.85. The fraction of sp³-hybridized carbons (Fsp3) is 0.391. The zero-order valence-electron chi connectivity index (χ0n) is 19.0. The molecule has 1 aliphatic rings. The highest BCUT2D eigenvalue weighted by molar-refractivity contribution is 7.89. The fourth-order valence-electron chi connectivity index (χ4n) is 3.78. The molecule has 0 saturated carbocycles. The van der Waals surface area contributed by atoms with E-state index in [1.54, 1.807) is 6.92 Å². The highest BCUT2D eigenvalue weighted by Crippen LogP contribution is 2.28. The third-order valence-electron chi connectivity index (χ3n) is 5.69. The lowest BCUT2D eigenvalue weighted by atomic mass is 9.95. The third kappa shape index (κ3) is 5.35. The lowest BCUT2D eigenvalue weighted by molar-refractivity contribution is -0.153. The van der Waals surface area contributed by atoms with Gasteiger partial charge in [0.15, 0.2) is 0 Å². The Bertz CT molecular complexity index is 1080. The van der Waals surface area contributed by atoms with Gasteiger partial charge in [-0.3, -0.25) is 9.59 Å². The van der Waals surface area contributed by atoms with Crippen LogP contribution in [0.3, 0.4) is 0 Å². The Balaban J connectivity index is 1.88. The Morgan fingerprint density at radius 3 is 2.36 bits per heavy atom. The van der Waals surface area contributed by atoms with Gasteiger partial charge in [0.05, 0.1) is 25.2 Å². The SMILES string of the molecule is COCCN1C(=O)CN(S(=O)(=O)c2ccc(OC)cc2)CC1(C)C(=O)NCc1ccccc1. The van der Waals surface area contributed by atoms with Crippen LogP contribution in [0.4, 0.5) is 0 Å². The van der Waals surface area contributed by atoms with Gasteiger partial charge in [-0.25, -0.2) is 8.42 Å². The van der Waals surface area contributed by atoms with Gasteiger partial charge in [-0.2, -0.15) is 4.31 Å². The molecule has 0 aromatic heterocycles. The quantitative estimate of drug-likeness (QED) is 0.585.